The van der Waals surface area contributed by atoms with E-state index in [1.807, 2.05) is 6.07 Å². The number of benzene rings is 2. The third kappa shape index (κ3) is 4.58. The molecule has 28 heavy (non-hydrogen) atoms. The first-order chi connectivity index (χ1) is 13.6. The van der Waals surface area contributed by atoms with Gasteiger partial charge in [-0.25, -0.2) is 25.0 Å². The van der Waals surface area contributed by atoms with Crippen molar-refractivity contribution in [3.63, 3.8) is 0 Å². The summed E-state index contributed by atoms with van der Waals surface area (Å²) in [7, 11) is 1.49. The predicted molar refractivity (Wildman–Crippen MR) is 101 cm³/mol. The molecule has 1 aromatic heterocycles. The van der Waals surface area contributed by atoms with Gasteiger partial charge in [0.05, 0.1) is 25.4 Å². The smallest absolute Gasteiger partial charge is 0.426 e. The summed E-state index contributed by atoms with van der Waals surface area (Å²) in [6.07, 6.45) is 1.57. The van der Waals surface area contributed by atoms with Crippen molar-refractivity contribution in [2.75, 3.05) is 12.4 Å². The first-order valence-corrected chi connectivity index (χ1v) is 8.25. The van der Waals surface area contributed by atoms with Gasteiger partial charge >= 0.3 is 12.1 Å². The van der Waals surface area contributed by atoms with Gasteiger partial charge in [0.2, 0.25) is 0 Å². The van der Waals surface area contributed by atoms with E-state index in [9.17, 15) is 14.7 Å². The number of hydrazine groups is 1. The van der Waals surface area contributed by atoms with Crippen molar-refractivity contribution in [3.8, 4) is 17.1 Å². The highest BCUT2D eigenvalue weighted by Crippen LogP contribution is 2.32. The van der Waals surface area contributed by atoms with E-state index in [1.165, 1.54) is 13.5 Å². The fourth-order valence-electron chi connectivity index (χ4n) is 2.52. The number of oxazole rings is 1. The summed E-state index contributed by atoms with van der Waals surface area (Å²) in [5.74, 6) is 0.988. The molecule has 9 nitrogen and oxygen atoms in total. The van der Waals surface area contributed by atoms with E-state index in [0.717, 1.165) is 10.6 Å². The van der Waals surface area contributed by atoms with E-state index in [-0.39, 0.29) is 6.54 Å². The van der Waals surface area contributed by atoms with Gasteiger partial charge in [-0.05, 0) is 17.7 Å². The third-order valence-corrected chi connectivity index (χ3v) is 3.81. The maximum atomic E-state index is 12.2. The van der Waals surface area contributed by atoms with Gasteiger partial charge in [-0.1, -0.05) is 30.3 Å². The number of rotatable bonds is 5. The molecular weight excluding hydrogens is 364 g/mol. The molecule has 0 spiro atoms. The van der Waals surface area contributed by atoms with Crippen LogP contribution in [-0.4, -0.2) is 34.3 Å². The van der Waals surface area contributed by atoms with Gasteiger partial charge in [-0.15, -0.1) is 0 Å². The Labute approximate surface area is 160 Å². The van der Waals surface area contributed by atoms with Crippen LogP contribution in [0.25, 0.3) is 11.3 Å². The summed E-state index contributed by atoms with van der Waals surface area (Å²) in [4.78, 5) is 27.5. The third-order valence-electron chi connectivity index (χ3n) is 3.81. The van der Waals surface area contributed by atoms with Crippen molar-refractivity contribution < 1.29 is 23.8 Å². The Bertz CT molecular complexity index is 944. The lowest BCUT2D eigenvalue weighted by Crippen LogP contribution is -2.46. The first-order valence-electron chi connectivity index (χ1n) is 8.25. The minimum absolute atomic E-state index is 0.0113. The monoisotopic (exact) mass is 382 g/mol. The number of amides is 3. The second-order valence-corrected chi connectivity index (χ2v) is 5.70. The number of anilines is 1. The summed E-state index contributed by atoms with van der Waals surface area (Å²) >= 11 is 0. The number of carbonyl (C=O) groups excluding carboxylic acids is 1. The molecule has 0 aliphatic heterocycles. The molecule has 3 aromatic rings. The minimum Gasteiger partial charge on any atom is -0.496 e. The zero-order chi connectivity index (χ0) is 19.9. The molecule has 144 valence electrons. The van der Waals surface area contributed by atoms with Crippen LogP contribution in [-0.2, 0) is 6.54 Å². The molecule has 0 saturated carbocycles. The maximum Gasteiger partial charge on any atom is 0.426 e. The van der Waals surface area contributed by atoms with E-state index in [0.29, 0.717) is 22.8 Å². The number of nitrogens with one attached hydrogen (secondary N) is 2. The van der Waals surface area contributed by atoms with Crippen molar-refractivity contribution in [3.05, 3.63) is 66.7 Å². The van der Waals surface area contributed by atoms with Gasteiger partial charge in [0, 0.05) is 11.8 Å². The summed E-state index contributed by atoms with van der Waals surface area (Å²) in [6, 6.07) is 13.2. The highest BCUT2D eigenvalue weighted by Gasteiger charge is 2.16. The van der Waals surface area contributed by atoms with Crippen molar-refractivity contribution in [2.45, 2.75) is 6.54 Å². The lowest BCUT2D eigenvalue weighted by atomic mass is 10.1. The number of carboxylic acid groups (broad SMARTS) is 1. The minimum atomic E-state index is -1.28. The van der Waals surface area contributed by atoms with Gasteiger partial charge in [0.25, 0.3) is 0 Å². The number of carbonyl (C=O) groups is 2. The van der Waals surface area contributed by atoms with Crippen LogP contribution in [0.3, 0.4) is 0 Å². The summed E-state index contributed by atoms with van der Waals surface area (Å²) in [5.41, 5.74) is 4.13. The van der Waals surface area contributed by atoms with Crippen molar-refractivity contribution in [1.29, 1.82) is 0 Å². The molecule has 0 aliphatic rings. The second-order valence-electron chi connectivity index (χ2n) is 5.70. The fourth-order valence-corrected chi connectivity index (χ4v) is 2.52. The molecule has 3 N–H and O–H groups in total. The SMILES string of the molecule is COc1cc(NC(=O)NN(Cc2ccccc2)C(=O)O)ccc1-c1cnco1. The van der Waals surface area contributed by atoms with Gasteiger partial charge in [-0.3, -0.25) is 0 Å². The van der Waals surface area contributed by atoms with Gasteiger partial charge in [0.15, 0.2) is 12.2 Å². The number of hydrogen-bond donors (Lipinski definition) is 3. The zero-order valence-electron chi connectivity index (χ0n) is 15.0. The summed E-state index contributed by atoms with van der Waals surface area (Å²) < 4.78 is 10.6. The van der Waals surface area contributed by atoms with Gasteiger partial charge < -0.3 is 19.6 Å². The quantitative estimate of drug-likeness (QED) is 0.581. The van der Waals surface area contributed by atoms with Crippen LogP contribution in [0.2, 0.25) is 0 Å². The molecule has 0 fully saturated rings. The van der Waals surface area contributed by atoms with Crippen LogP contribution >= 0.6 is 0 Å². The van der Waals surface area contributed by atoms with Gasteiger partial charge in [-0.2, -0.15) is 0 Å². The molecule has 3 amide bonds. The van der Waals surface area contributed by atoms with Crippen molar-refractivity contribution >= 4 is 17.8 Å². The molecule has 9 heteroatoms. The number of urea groups is 1. The zero-order valence-corrected chi connectivity index (χ0v) is 15.0. The maximum absolute atomic E-state index is 12.2. The van der Waals surface area contributed by atoms with Crippen molar-refractivity contribution in [1.82, 2.24) is 15.4 Å². The van der Waals surface area contributed by atoms with Gasteiger partial charge in [0.1, 0.15) is 5.75 Å². The Hall–Kier alpha value is -4.01. The van der Waals surface area contributed by atoms with Crippen LogP contribution < -0.4 is 15.5 Å². The van der Waals surface area contributed by atoms with Crippen LogP contribution in [0.5, 0.6) is 5.75 Å². The van der Waals surface area contributed by atoms with E-state index in [2.05, 4.69) is 15.7 Å². The van der Waals surface area contributed by atoms with E-state index >= 15 is 0 Å². The summed E-state index contributed by atoms with van der Waals surface area (Å²) in [6.45, 7) is 0.0113. The molecule has 1 heterocycles. The Kier molecular flexibility index (Phi) is 5.75. The number of methoxy groups -OCH3 is 1. The Morgan fingerprint density at radius 2 is 2.00 bits per heavy atom. The molecular formula is C19H18N4O5. The predicted octanol–water partition coefficient (Wildman–Crippen LogP) is 3.57. The molecule has 0 unspecified atom stereocenters. The molecule has 0 atom stereocenters. The number of nitrogens with zero attached hydrogens (tertiary/aromatic N) is 2. The molecule has 0 aliphatic carbocycles. The fraction of sp³-hybridized carbons (Fsp3) is 0.105. The molecule has 0 bridgehead atoms. The highest BCUT2D eigenvalue weighted by atomic mass is 16.5. The first kappa shape index (κ1) is 18.8. The molecule has 0 saturated heterocycles. The van der Waals surface area contributed by atoms with Crippen LogP contribution in [0.4, 0.5) is 15.3 Å². The van der Waals surface area contributed by atoms with E-state index in [1.54, 1.807) is 48.7 Å². The van der Waals surface area contributed by atoms with E-state index in [4.69, 9.17) is 9.15 Å². The normalized spacial score (nSPS) is 10.2. The van der Waals surface area contributed by atoms with Crippen molar-refractivity contribution in [2.24, 2.45) is 0 Å². The lowest BCUT2D eigenvalue weighted by Gasteiger charge is -2.20. The van der Waals surface area contributed by atoms with Crippen LogP contribution in [0, 0.1) is 0 Å². The highest BCUT2D eigenvalue weighted by molar-refractivity contribution is 5.91. The Balaban J connectivity index is 1.68. The lowest BCUT2D eigenvalue weighted by molar-refractivity contribution is 0.122. The largest absolute Gasteiger partial charge is 0.496 e. The summed E-state index contributed by atoms with van der Waals surface area (Å²) in [5, 5.41) is 12.7. The standard InChI is InChI=1S/C19H18N4O5/c1-27-16-9-14(7-8-15(16)17-10-20-12-28-17)21-18(24)22-23(19(25)26)11-13-5-3-2-4-6-13/h2-10,12H,11H2,1H3,(H,25,26)(H2,21,22,24). The van der Waals surface area contributed by atoms with Crippen LogP contribution in [0.15, 0.2) is 65.5 Å². The Morgan fingerprint density at radius 1 is 1.21 bits per heavy atom. The second kappa shape index (κ2) is 8.58. The molecule has 2 aromatic carbocycles. The van der Waals surface area contributed by atoms with Crippen LogP contribution in [0.1, 0.15) is 5.56 Å². The molecule has 3 rings (SSSR count). The average molecular weight is 382 g/mol. The Morgan fingerprint density at radius 3 is 2.64 bits per heavy atom. The van der Waals surface area contributed by atoms with E-state index < -0.39 is 12.1 Å². The number of aromatic nitrogens is 1. The number of hydrogen-bond acceptors (Lipinski definition) is 5. The topological polar surface area (TPSA) is 117 Å². The number of ether oxygens (including phenoxy) is 1. The molecule has 0 radical (unpaired) electrons. The average Bonchev–Trinajstić information content (AvgIpc) is 3.22.